The van der Waals surface area contributed by atoms with Gasteiger partial charge in [-0.05, 0) is 31.6 Å². The average Bonchev–Trinajstić information content (AvgIpc) is 2.74. The van der Waals surface area contributed by atoms with Crippen LogP contribution in [-0.4, -0.2) is 24.7 Å². The molecule has 2 aliphatic rings. The SMILES string of the molecule is CC1CCCCC1NC(=O)C1CCCO1. The lowest BCUT2D eigenvalue weighted by Crippen LogP contribution is -2.45. The number of nitrogens with one attached hydrogen (secondary N) is 1. The van der Waals surface area contributed by atoms with E-state index < -0.39 is 0 Å². The molecule has 3 heteroatoms. The summed E-state index contributed by atoms with van der Waals surface area (Å²) in [6.45, 7) is 2.98. The van der Waals surface area contributed by atoms with E-state index in [1.165, 1.54) is 19.3 Å². The van der Waals surface area contributed by atoms with Crippen LogP contribution >= 0.6 is 0 Å². The van der Waals surface area contributed by atoms with Crippen LogP contribution in [0.2, 0.25) is 0 Å². The number of amides is 1. The van der Waals surface area contributed by atoms with Gasteiger partial charge in [0.1, 0.15) is 6.10 Å². The lowest BCUT2D eigenvalue weighted by Gasteiger charge is -2.30. The molecule has 15 heavy (non-hydrogen) atoms. The summed E-state index contributed by atoms with van der Waals surface area (Å²) in [7, 11) is 0. The molecule has 0 spiro atoms. The monoisotopic (exact) mass is 211 g/mol. The second-order valence-corrected chi connectivity index (χ2v) is 4.88. The Bertz CT molecular complexity index is 224. The van der Waals surface area contributed by atoms with Crippen molar-refractivity contribution in [3.8, 4) is 0 Å². The highest BCUT2D eigenvalue weighted by molar-refractivity contribution is 5.81. The molecular formula is C12H21NO2. The van der Waals surface area contributed by atoms with Crippen molar-refractivity contribution in [1.29, 1.82) is 0 Å². The van der Waals surface area contributed by atoms with E-state index in [0.29, 0.717) is 12.0 Å². The third-order valence-corrected chi connectivity index (χ3v) is 3.66. The molecule has 1 saturated carbocycles. The molecular weight excluding hydrogens is 190 g/mol. The summed E-state index contributed by atoms with van der Waals surface area (Å²) in [4.78, 5) is 11.8. The van der Waals surface area contributed by atoms with Gasteiger partial charge in [-0.1, -0.05) is 19.8 Å². The standard InChI is InChI=1S/C12H21NO2/c1-9-5-2-3-6-10(9)13-12(14)11-7-4-8-15-11/h9-11H,2-8H2,1H3,(H,13,14). The van der Waals surface area contributed by atoms with Crippen molar-refractivity contribution in [2.75, 3.05) is 6.61 Å². The Morgan fingerprint density at radius 3 is 2.67 bits per heavy atom. The van der Waals surface area contributed by atoms with Crippen LogP contribution in [0.4, 0.5) is 0 Å². The number of hydrogen-bond donors (Lipinski definition) is 1. The van der Waals surface area contributed by atoms with Crippen LogP contribution < -0.4 is 5.32 Å². The van der Waals surface area contributed by atoms with Gasteiger partial charge >= 0.3 is 0 Å². The van der Waals surface area contributed by atoms with Gasteiger partial charge in [0.05, 0.1) is 0 Å². The van der Waals surface area contributed by atoms with Gasteiger partial charge in [-0.2, -0.15) is 0 Å². The van der Waals surface area contributed by atoms with Gasteiger partial charge in [0, 0.05) is 12.6 Å². The third-order valence-electron chi connectivity index (χ3n) is 3.66. The zero-order valence-corrected chi connectivity index (χ0v) is 9.50. The maximum Gasteiger partial charge on any atom is 0.249 e. The van der Waals surface area contributed by atoms with Crippen molar-refractivity contribution < 1.29 is 9.53 Å². The molecule has 3 nitrogen and oxygen atoms in total. The quantitative estimate of drug-likeness (QED) is 0.757. The number of hydrogen-bond acceptors (Lipinski definition) is 2. The van der Waals surface area contributed by atoms with Crippen molar-refractivity contribution in [3.05, 3.63) is 0 Å². The van der Waals surface area contributed by atoms with Gasteiger partial charge in [0.25, 0.3) is 0 Å². The van der Waals surface area contributed by atoms with Crippen molar-refractivity contribution in [2.24, 2.45) is 5.92 Å². The molecule has 1 aliphatic carbocycles. The molecule has 1 heterocycles. The summed E-state index contributed by atoms with van der Waals surface area (Å²) in [5, 5.41) is 3.15. The molecule has 0 bridgehead atoms. The van der Waals surface area contributed by atoms with Gasteiger partial charge < -0.3 is 10.1 Å². The van der Waals surface area contributed by atoms with Crippen LogP contribution in [0.3, 0.4) is 0 Å². The predicted octanol–water partition coefficient (Wildman–Crippen LogP) is 1.86. The molecule has 86 valence electrons. The second kappa shape index (κ2) is 4.97. The Balaban J connectivity index is 1.81. The zero-order valence-electron chi connectivity index (χ0n) is 9.50. The van der Waals surface area contributed by atoms with Gasteiger partial charge in [0.15, 0.2) is 0 Å². The maximum atomic E-state index is 11.8. The highest BCUT2D eigenvalue weighted by Gasteiger charge is 2.28. The molecule has 1 aliphatic heterocycles. The Hall–Kier alpha value is -0.570. The summed E-state index contributed by atoms with van der Waals surface area (Å²) >= 11 is 0. The third kappa shape index (κ3) is 2.71. The van der Waals surface area contributed by atoms with Crippen LogP contribution in [0.1, 0.15) is 45.4 Å². The summed E-state index contributed by atoms with van der Waals surface area (Å²) in [6.07, 6.45) is 6.70. The Morgan fingerprint density at radius 2 is 2.00 bits per heavy atom. The fraction of sp³-hybridized carbons (Fsp3) is 0.917. The lowest BCUT2D eigenvalue weighted by atomic mass is 9.86. The molecule has 2 fully saturated rings. The highest BCUT2D eigenvalue weighted by atomic mass is 16.5. The first-order valence-electron chi connectivity index (χ1n) is 6.19. The molecule has 1 N–H and O–H groups in total. The minimum absolute atomic E-state index is 0.117. The van der Waals surface area contributed by atoms with Crippen LogP contribution in [0.15, 0.2) is 0 Å². The summed E-state index contributed by atoms with van der Waals surface area (Å²) in [5.74, 6) is 0.746. The molecule has 0 radical (unpaired) electrons. The van der Waals surface area contributed by atoms with E-state index in [2.05, 4.69) is 12.2 Å². The number of carbonyl (C=O) groups is 1. The van der Waals surface area contributed by atoms with Gasteiger partial charge in [-0.15, -0.1) is 0 Å². The topological polar surface area (TPSA) is 38.3 Å². The van der Waals surface area contributed by atoms with Crippen molar-refractivity contribution in [2.45, 2.75) is 57.6 Å². The van der Waals surface area contributed by atoms with E-state index in [1.54, 1.807) is 0 Å². The van der Waals surface area contributed by atoms with E-state index in [-0.39, 0.29) is 12.0 Å². The zero-order chi connectivity index (χ0) is 10.7. The number of carbonyl (C=O) groups excluding carboxylic acids is 1. The minimum atomic E-state index is -0.167. The molecule has 1 saturated heterocycles. The predicted molar refractivity (Wildman–Crippen MR) is 58.5 cm³/mol. The van der Waals surface area contributed by atoms with E-state index >= 15 is 0 Å². The molecule has 3 atom stereocenters. The van der Waals surface area contributed by atoms with Crippen LogP contribution in [0, 0.1) is 5.92 Å². The van der Waals surface area contributed by atoms with Crippen LogP contribution in [-0.2, 0) is 9.53 Å². The summed E-state index contributed by atoms with van der Waals surface area (Å²) in [6, 6.07) is 0.385. The summed E-state index contributed by atoms with van der Waals surface area (Å²) in [5.41, 5.74) is 0. The minimum Gasteiger partial charge on any atom is -0.368 e. The van der Waals surface area contributed by atoms with E-state index in [9.17, 15) is 4.79 Å². The largest absolute Gasteiger partial charge is 0.368 e. The number of ether oxygens (including phenoxy) is 1. The normalized spacial score (nSPS) is 36.5. The Labute approximate surface area is 91.6 Å². The van der Waals surface area contributed by atoms with Crippen LogP contribution in [0.25, 0.3) is 0 Å². The first-order valence-corrected chi connectivity index (χ1v) is 6.19. The molecule has 0 aromatic rings. The second-order valence-electron chi connectivity index (χ2n) is 4.88. The van der Waals surface area contributed by atoms with E-state index in [4.69, 9.17) is 4.74 Å². The summed E-state index contributed by atoms with van der Waals surface area (Å²) < 4.78 is 5.38. The lowest BCUT2D eigenvalue weighted by molar-refractivity contribution is -0.131. The Kier molecular flexibility index (Phi) is 3.62. The Morgan fingerprint density at radius 1 is 1.20 bits per heavy atom. The van der Waals surface area contributed by atoms with Crippen molar-refractivity contribution >= 4 is 5.91 Å². The number of rotatable bonds is 2. The molecule has 0 aromatic heterocycles. The van der Waals surface area contributed by atoms with Gasteiger partial charge in [0.2, 0.25) is 5.91 Å². The first kappa shape index (κ1) is 10.9. The molecule has 0 aromatic carbocycles. The van der Waals surface area contributed by atoms with E-state index in [1.807, 2.05) is 0 Å². The fourth-order valence-electron chi connectivity index (χ4n) is 2.59. The molecule has 2 rings (SSSR count). The highest BCUT2D eigenvalue weighted by Crippen LogP contribution is 2.24. The van der Waals surface area contributed by atoms with Gasteiger partial charge in [-0.3, -0.25) is 4.79 Å². The van der Waals surface area contributed by atoms with Gasteiger partial charge in [-0.25, -0.2) is 0 Å². The maximum absolute atomic E-state index is 11.8. The average molecular weight is 211 g/mol. The van der Waals surface area contributed by atoms with E-state index in [0.717, 1.165) is 25.9 Å². The van der Waals surface area contributed by atoms with Crippen molar-refractivity contribution in [1.82, 2.24) is 5.32 Å². The smallest absolute Gasteiger partial charge is 0.249 e. The molecule has 3 unspecified atom stereocenters. The van der Waals surface area contributed by atoms with Crippen molar-refractivity contribution in [3.63, 3.8) is 0 Å². The molecule has 1 amide bonds. The van der Waals surface area contributed by atoms with Crippen LogP contribution in [0.5, 0.6) is 0 Å². The fourth-order valence-corrected chi connectivity index (χ4v) is 2.59. The first-order chi connectivity index (χ1) is 7.27.